The van der Waals surface area contributed by atoms with E-state index in [1.54, 1.807) is 0 Å². The van der Waals surface area contributed by atoms with Crippen LogP contribution in [0, 0.1) is 0 Å². The molecule has 1 aromatic carbocycles. The molecule has 3 nitrogen and oxygen atoms in total. The lowest BCUT2D eigenvalue weighted by Crippen LogP contribution is -2.38. The molecule has 0 saturated carbocycles. The largest absolute Gasteiger partial charge is 0.353 e. The van der Waals surface area contributed by atoms with E-state index in [9.17, 15) is 4.79 Å². The van der Waals surface area contributed by atoms with Crippen molar-refractivity contribution in [3.8, 4) is 0 Å². The van der Waals surface area contributed by atoms with Crippen LogP contribution in [-0.2, 0) is 10.3 Å². The van der Waals surface area contributed by atoms with Gasteiger partial charge in [-0.05, 0) is 38.5 Å². The Morgan fingerprint density at radius 1 is 1.28 bits per heavy atom. The molecule has 0 fully saturated rings. The molecule has 0 bridgehead atoms. The van der Waals surface area contributed by atoms with Gasteiger partial charge in [-0.2, -0.15) is 0 Å². The highest BCUT2D eigenvalue weighted by Gasteiger charge is 2.18. The van der Waals surface area contributed by atoms with E-state index < -0.39 is 0 Å². The Labute approximate surface area is 109 Å². The van der Waals surface area contributed by atoms with Gasteiger partial charge in [0.1, 0.15) is 0 Å². The lowest BCUT2D eigenvalue weighted by molar-refractivity contribution is -0.116. The minimum absolute atomic E-state index is 0.0519. The highest BCUT2D eigenvalue weighted by Crippen LogP contribution is 2.18. The summed E-state index contributed by atoms with van der Waals surface area (Å²) in [4.78, 5) is 10.9. The second-order valence-corrected chi connectivity index (χ2v) is 4.77. The van der Waals surface area contributed by atoms with Crippen LogP contribution >= 0.6 is 0 Å². The minimum Gasteiger partial charge on any atom is -0.353 e. The second-order valence-electron chi connectivity index (χ2n) is 4.77. The van der Waals surface area contributed by atoms with Gasteiger partial charge in [-0.15, -0.1) is 0 Å². The van der Waals surface area contributed by atoms with E-state index in [0.717, 1.165) is 13.0 Å². The third-order valence-corrected chi connectivity index (χ3v) is 2.90. The van der Waals surface area contributed by atoms with Gasteiger partial charge in [-0.1, -0.05) is 36.9 Å². The van der Waals surface area contributed by atoms with Crippen molar-refractivity contribution in [1.29, 1.82) is 0 Å². The molecule has 1 aromatic rings. The summed E-state index contributed by atoms with van der Waals surface area (Å²) in [6, 6.07) is 10.3. The number of rotatable bonds is 7. The first kappa shape index (κ1) is 14.5. The highest BCUT2D eigenvalue weighted by atomic mass is 16.1. The zero-order valence-corrected chi connectivity index (χ0v) is 11.2. The summed E-state index contributed by atoms with van der Waals surface area (Å²) in [6.45, 7) is 9.26. The quantitative estimate of drug-likeness (QED) is 0.572. The van der Waals surface area contributed by atoms with Crippen molar-refractivity contribution in [3.05, 3.63) is 48.6 Å². The number of carbonyl (C=O) groups excluding carboxylic acids is 1. The molecule has 0 aliphatic rings. The Morgan fingerprint density at radius 2 is 1.94 bits per heavy atom. The standard InChI is InChI=1S/C15H22N2O/c1-4-14(18)16-11-8-12-17-15(2,3)13-9-6-5-7-10-13/h4-7,9-10,17H,1,8,11-12H2,2-3H3,(H,16,18). The van der Waals surface area contributed by atoms with Crippen molar-refractivity contribution in [3.63, 3.8) is 0 Å². The van der Waals surface area contributed by atoms with Crippen molar-refractivity contribution in [1.82, 2.24) is 10.6 Å². The number of carbonyl (C=O) groups is 1. The first-order valence-corrected chi connectivity index (χ1v) is 6.27. The van der Waals surface area contributed by atoms with E-state index in [1.165, 1.54) is 11.6 Å². The summed E-state index contributed by atoms with van der Waals surface area (Å²) in [5.41, 5.74) is 1.21. The molecule has 0 aromatic heterocycles. The van der Waals surface area contributed by atoms with Gasteiger partial charge in [0.25, 0.3) is 0 Å². The number of benzene rings is 1. The fourth-order valence-corrected chi connectivity index (χ4v) is 1.73. The van der Waals surface area contributed by atoms with Crippen LogP contribution in [-0.4, -0.2) is 19.0 Å². The molecular weight excluding hydrogens is 224 g/mol. The SMILES string of the molecule is C=CC(=O)NCCCNC(C)(C)c1ccccc1. The van der Waals surface area contributed by atoms with Gasteiger partial charge in [0.15, 0.2) is 0 Å². The van der Waals surface area contributed by atoms with Crippen molar-refractivity contribution < 1.29 is 4.79 Å². The van der Waals surface area contributed by atoms with E-state index in [2.05, 4.69) is 43.2 Å². The van der Waals surface area contributed by atoms with E-state index in [4.69, 9.17) is 0 Å². The van der Waals surface area contributed by atoms with Gasteiger partial charge in [-0.25, -0.2) is 0 Å². The third-order valence-electron chi connectivity index (χ3n) is 2.90. The normalized spacial score (nSPS) is 11.0. The van der Waals surface area contributed by atoms with Crippen LogP contribution in [0.2, 0.25) is 0 Å². The molecule has 0 spiro atoms. The molecular formula is C15H22N2O. The maximum atomic E-state index is 10.9. The molecule has 0 radical (unpaired) electrons. The number of nitrogens with one attached hydrogen (secondary N) is 2. The van der Waals surface area contributed by atoms with E-state index >= 15 is 0 Å². The van der Waals surface area contributed by atoms with Crippen molar-refractivity contribution >= 4 is 5.91 Å². The van der Waals surface area contributed by atoms with Gasteiger partial charge in [-0.3, -0.25) is 4.79 Å². The van der Waals surface area contributed by atoms with Gasteiger partial charge < -0.3 is 10.6 Å². The average molecular weight is 246 g/mol. The lowest BCUT2D eigenvalue weighted by atomic mass is 9.94. The van der Waals surface area contributed by atoms with Gasteiger partial charge in [0.05, 0.1) is 0 Å². The highest BCUT2D eigenvalue weighted by molar-refractivity contribution is 5.86. The van der Waals surface area contributed by atoms with Crippen molar-refractivity contribution in [2.75, 3.05) is 13.1 Å². The Kier molecular flexibility index (Phi) is 5.59. The zero-order chi connectivity index (χ0) is 13.4. The van der Waals surface area contributed by atoms with E-state index in [0.29, 0.717) is 6.54 Å². The fourth-order valence-electron chi connectivity index (χ4n) is 1.73. The average Bonchev–Trinajstić information content (AvgIpc) is 2.39. The van der Waals surface area contributed by atoms with Crippen LogP contribution in [0.25, 0.3) is 0 Å². The van der Waals surface area contributed by atoms with Gasteiger partial charge in [0.2, 0.25) is 5.91 Å². The molecule has 0 heterocycles. The smallest absolute Gasteiger partial charge is 0.243 e. The molecule has 18 heavy (non-hydrogen) atoms. The van der Waals surface area contributed by atoms with Crippen LogP contribution in [0.1, 0.15) is 25.8 Å². The number of hydrogen-bond acceptors (Lipinski definition) is 2. The molecule has 0 unspecified atom stereocenters. The molecule has 98 valence electrons. The molecule has 0 aliphatic carbocycles. The predicted molar refractivity (Wildman–Crippen MR) is 75.3 cm³/mol. The topological polar surface area (TPSA) is 41.1 Å². The summed E-state index contributed by atoms with van der Waals surface area (Å²) in [7, 11) is 0. The maximum absolute atomic E-state index is 10.9. The summed E-state index contributed by atoms with van der Waals surface area (Å²) in [5.74, 6) is -0.114. The van der Waals surface area contributed by atoms with E-state index in [1.807, 2.05) is 18.2 Å². The number of hydrogen-bond donors (Lipinski definition) is 2. The Morgan fingerprint density at radius 3 is 2.56 bits per heavy atom. The predicted octanol–water partition coefficient (Wildman–Crippen LogP) is 2.20. The molecule has 2 N–H and O–H groups in total. The lowest BCUT2D eigenvalue weighted by Gasteiger charge is -2.27. The Bertz CT molecular complexity index is 385. The van der Waals surface area contributed by atoms with Crippen LogP contribution < -0.4 is 10.6 Å². The maximum Gasteiger partial charge on any atom is 0.243 e. The molecule has 0 saturated heterocycles. The molecule has 1 rings (SSSR count). The first-order chi connectivity index (χ1) is 8.56. The summed E-state index contributed by atoms with van der Waals surface area (Å²) >= 11 is 0. The Hall–Kier alpha value is -1.61. The summed E-state index contributed by atoms with van der Waals surface area (Å²) < 4.78 is 0. The Balaban J connectivity index is 2.30. The third kappa shape index (κ3) is 4.72. The molecule has 1 amide bonds. The first-order valence-electron chi connectivity index (χ1n) is 6.27. The summed E-state index contributed by atoms with van der Waals surface area (Å²) in [6.07, 6.45) is 2.19. The molecule has 0 aliphatic heterocycles. The van der Waals surface area contributed by atoms with E-state index in [-0.39, 0.29) is 11.4 Å². The van der Waals surface area contributed by atoms with Gasteiger partial charge in [0, 0.05) is 12.1 Å². The van der Waals surface area contributed by atoms with Crippen molar-refractivity contribution in [2.24, 2.45) is 0 Å². The minimum atomic E-state index is -0.114. The monoisotopic (exact) mass is 246 g/mol. The van der Waals surface area contributed by atoms with Crippen LogP contribution in [0.5, 0.6) is 0 Å². The second kappa shape index (κ2) is 6.97. The molecule has 0 atom stereocenters. The van der Waals surface area contributed by atoms with Crippen LogP contribution in [0.15, 0.2) is 43.0 Å². The molecule has 3 heteroatoms. The number of amides is 1. The fraction of sp³-hybridized carbons (Fsp3) is 0.400. The van der Waals surface area contributed by atoms with Crippen LogP contribution in [0.4, 0.5) is 0 Å². The zero-order valence-electron chi connectivity index (χ0n) is 11.2. The van der Waals surface area contributed by atoms with Gasteiger partial charge >= 0.3 is 0 Å². The van der Waals surface area contributed by atoms with Crippen molar-refractivity contribution in [2.45, 2.75) is 25.8 Å². The van der Waals surface area contributed by atoms with Crippen LogP contribution in [0.3, 0.4) is 0 Å². The summed E-state index contributed by atoms with van der Waals surface area (Å²) in [5, 5.41) is 6.25.